The maximum Gasteiger partial charge on any atom is 0.319 e. The average Bonchev–Trinajstić information content (AvgIpc) is 3.33. The molecule has 2 aliphatic heterocycles. The Morgan fingerprint density at radius 1 is 0.971 bits per heavy atom. The van der Waals surface area contributed by atoms with E-state index in [1.807, 2.05) is 29.5 Å². The lowest BCUT2D eigenvalue weighted by molar-refractivity contribution is -0.240. The molecule has 0 bridgehead atoms. The predicted molar refractivity (Wildman–Crippen MR) is 254 cm³/mol. The number of aliphatic hydroxyl groups is 2. The van der Waals surface area contributed by atoms with Crippen LogP contribution in [0.3, 0.4) is 0 Å². The largest absolute Gasteiger partial charge is 0.465 e. The number of carbonyl (C=O) groups excluding carboxylic acids is 8. The molecule has 0 aromatic heterocycles. The summed E-state index contributed by atoms with van der Waals surface area (Å²) in [6.07, 6.45) is 1.91. The van der Waals surface area contributed by atoms with E-state index in [2.05, 4.69) is 0 Å². The number of piperidine rings is 1. The van der Waals surface area contributed by atoms with Gasteiger partial charge in [0.15, 0.2) is 5.78 Å². The van der Waals surface area contributed by atoms with Gasteiger partial charge >= 0.3 is 17.9 Å². The molecule has 1 saturated carbocycles. The maximum atomic E-state index is 13.8. The van der Waals surface area contributed by atoms with E-state index in [4.69, 9.17) is 33.2 Å². The third-order valence-corrected chi connectivity index (χ3v) is 14.7. The molecule has 0 aromatic carbocycles. The Hall–Kier alpha value is -3.21. The van der Waals surface area contributed by atoms with Crippen molar-refractivity contribution in [2.45, 2.75) is 161 Å². The lowest BCUT2D eigenvalue weighted by Crippen LogP contribution is -2.59. The zero-order valence-corrected chi connectivity index (χ0v) is 43.5. The number of Topliss-reactive ketones (excluding diaryl/α,β-unsaturated/α-hetero) is 3. The van der Waals surface area contributed by atoms with Gasteiger partial charge in [-0.25, -0.2) is 0 Å². The van der Waals surface area contributed by atoms with Crippen LogP contribution in [0.25, 0.3) is 0 Å². The van der Waals surface area contributed by atoms with E-state index in [1.165, 1.54) is 40.1 Å². The van der Waals surface area contributed by atoms with E-state index in [0.29, 0.717) is 67.7 Å². The fourth-order valence-electron chi connectivity index (χ4n) is 9.46. The van der Waals surface area contributed by atoms with Crippen LogP contribution in [0.2, 0.25) is 0 Å². The molecule has 386 valence electrons. The van der Waals surface area contributed by atoms with Gasteiger partial charge in [-0.05, 0) is 95.0 Å². The number of amides is 1. The number of hydrogen-bond donors (Lipinski definition) is 2. The molecule has 19 heteroatoms. The third kappa shape index (κ3) is 15.9. The van der Waals surface area contributed by atoms with Gasteiger partial charge in [0.2, 0.25) is 5.79 Å². The summed E-state index contributed by atoms with van der Waals surface area (Å²) in [6, 6.07) is -1.02. The number of halogens is 1. The number of carbonyl (C=O) groups is 8. The van der Waals surface area contributed by atoms with Crippen LogP contribution in [0.5, 0.6) is 0 Å². The summed E-state index contributed by atoms with van der Waals surface area (Å²) in [5, 5.41) is 22.2. The first-order valence-corrected chi connectivity index (χ1v) is 25.4. The number of aliphatic hydroxyl groups excluding tert-OH is 1. The number of hydrogen-bond acceptors (Lipinski definition) is 17. The second-order valence-electron chi connectivity index (χ2n) is 19.1. The molecule has 0 radical (unpaired) electrons. The quantitative estimate of drug-likeness (QED) is 0.0219. The zero-order chi connectivity index (χ0) is 50.9. The smallest absolute Gasteiger partial charge is 0.319 e. The molecule has 2 saturated heterocycles. The van der Waals surface area contributed by atoms with Crippen LogP contribution in [-0.2, 0) is 71.5 Å². The Morgan fingerprint density at radius 2 is 1.66 bits per heavy atom. The van der Waals surface area contributed by atoms with Crippen LogP contribution in [0, 0.1) is 35.0 Å². The molecule has 3 rings (SSSR count). The minimum absolute atomic E-state index is 0.0166. The van der Waals surface area contributed by atoms with Gasteiger partial charge in [-0.3, -0.25) is 33.6 Å². The normalized spacial score (nSPS) is 27.6. The lowest BCUT2D eigenvalue weighted by atomic mass is 9.70. The summed E-state index contributed by atoms with van der Waals surface area (Å²) in [7, 11) is 4.36. The summed E-state index contributed by atoms with van der Waals surface area (Å²) in [5.41, 5.74) is -1.10. The first kappa shape index (κ1) is 59.1. The third-order valence-electron chi connectivity index (χ3n) is 14.2. The van der Waals surface area contributed by atoms with Crippen molar-refractivity contribution < 1.29 is 81.7 Å². The summed E-state index contributed by atoms with van der Waals surface area (Å²) < 4.78 is 39.9. The first-order valence-electron chi connectivity index (χ1n) is 23.9. The van der Waals surface area contributed by atoms with Crippen molar-refractivity contribution in [2.24, 2.45) is 35.0 Å². The van der Waals surface area contributed by atoms with Crippen molar-refractivity contribution in [3.8, 4) is 0 Å². The molecule has 2 heterocycles. The van der Waals surface area contributed by atoms with E-state index >= 15 is 0 Å². The Balaban J connectivity index is 1.88. The summed E-state index contributed by atoms with van der Waals surface area (Å²) in [6.45, 7) is 8.99. The van der Waals surface area contributed by atoms with Crippen molar-refractivity contribution in [2.75, 3.05) is 52.1 Å². The van der Waals surface area contributed by atoms with Crippen LogP contribution >= 0.6 is 22.6 Å². The van der Waals surface area contributed by atoms with Crippen LogP contribution in [0.4, 0.5) is 0 Å². The summed E-state index contributed by atoms with van der Waals surface area (Å²) in [5.74, 6) is -8.39. The van der Waals surface area contributed by atoms with Gasteiger partial charge in [0.1, 0.15) is 49.0 Å². The highest BCUT2D eigenvalue weighted by Crippen LogP contribution is 2.42. The SMILES string of the molecule is CCC(C)C(=O)[C@H](OC)C(O)/C(C)=C/CC(=O)C[C@H](OC)C(C[C@@H]1CCC(OC(=O)C(C)(COC(C)=O)COC(=O)CCI)[C@H](OC)C1)[C@H]1CCN(C(=O)C(=O)C2(O)OCCCC2C)C(C=O)C1. The van der Waals surface area contributed by atoms with Gasteiger partial charge in [0.25, 0.3) is 11.7 Å². The summed E-state index contributed by atoms with van der Waals surface area (Å²) in [4.78, 5) is 106. The van der Waals surface area contributed by atoms with Gasteiger partial charge in [0, 0.05) is 63.9 Å². The van der Waals surface area contributed by atoms with E-state index in [-0.39, 0.29) is 87.3 Å². The average molecular weight is 1080 g/mol. The second kappa shape index (κ2) is 28.0. The molecule has 68 heavy (non-hydrogen) atoms. The Labute approximate surface area is 414 Å². The minimum Gasteiger partial charge on any atom is -0.465 e. The Kier molecular flexibility index (Phi) is 24.3. The van der Waals surface area contributed by atoms with Crippen molar-refractivity contribution in [3.63, 3.8) is 0 Å². The molecule has 2 N–H and O–H groups in total. The number of likely N-dealkylation sites (tertiary alicyclic amines) is 1. The molecular formula is C49H76INO17. The van der Waals surface area contributed by atoms with Crippen molar-refractivity contribution in [1.29, 1.82) is 0 Å². The lowest BCUT2D eigenvalue weighted by Gasteiger charge is -2.44. The molecule has 8 unspecified atom stereocenters. The Bertz CT molecular complexity index is 1770. The van der Waals surface area contributed by atoms with E-state index in [0.717, 1.165) is 0 Å². The second-order valence-corrected chi connectivity index (χ2v) is 20.2. The van der Waals surface area contributed by atoms with Gasteiger partial charge in [-0.15, -0.1) is 0 Å². The minimum atomic E-state index is -2.30. The molecule has 3 fully saturated rings. The topological polar surface area (TPSA) is 245 Å². The number of allylic oxidation sites excluding steroid dienone is 1. The molecule has 13 atom stereocenters. The molecular weight excluding hydrogens is 1000 g/mol. The highest BCUT2D eigenvalue weighted by Gasteiger charge is 2.51. The standard InChI is InChI=1S/C49H76INO17/c1-10-29(2)42(56)44(64-9)43(57)30(3)13-15-36(54)25-39(62-7)37(34-18-20-51(35(24-34)26-52)46(59)45(58)49(61)31(4)12-11-21-67-49)22-33-14-16-38(40(23-33)63-8)68-47(60)48(6,27-65-32(5)53)28-66-41(55)17-19-50/h13,26,29,31,33-35,37-40,43-44,57,61H,10-12,14-25,27-28H2,1-9H3/b30-13+/t29?,31?,33-,34-,35?,37?,38?,39-,40+,43?,44-,48?,49?/m0/s1. The van der Waals surface area contributed by atoms with Gasteiger partial charge in [0.05, 0.1) is 31.3 Å². The van der Waals surface area contributed by atoms with Crippen LogP contribution in [0.15, 0.2) is 11.6 Å². The zero-order valence-electron chi connectivity index (χ0n) is 41.4. The molecule has 0 spiro atoms. The highest BCUT2D eigenvalue weighted by molar-refractivity contribution is 14.1. The molecule has 18 nitrogen and oxygen atoms in total. The van der Waals surface area contributed by atoms with E-state index in [1.54, 1.807) is 26.8 Å². The number of ketones is 3. The Morgan fingerprint density at radius 3 is 2.25 bits per heavy atom. The monoisotopic (exact) mass is 1080 g/mol. The van der Waals surface area contributed by atoms with Crippen molar-refractivity contribution in [3.05, 3.63) is 11.6 Å². The molecule has 1 aliphatic carbocycles. The number of ether oxygens (including phenoxy) is 7. The van der Waals surface area contributed by atoms with Crippen LogP contribution in [-0.4, -0.2) is 157 Å². The van der Waals surface area contributed by atoms with Crippen molar-refractivity contribution >= 4 is 70.0 Å². The summed E-state index contributed by atoms with van der Waals surface area (Å²) >= 11 is 2.04. The van der Waals surface area contributed by atoms with Gasteiger partial charge < -0.3 is 53.1 Å². The van der Waals surface area contributed by atoms with E-state index in [9.17, 15) is 48.6 Å². The van der Waals surface area contributed by atoms with Gasteiger partial charge in [-0.2, -0.15) is 0 Å². The highest BCUT2D eigenvalue weighted by atomic mass is 127. The molecule has 1 amide bonds. The fraction of sp³-hybridized carbons (Fsp3) is 0.796. The first-order chi connectivity index (χ1) is 32.1. The molecule has 0 aromatic rings. The maximum absolute atomic E-state index is 13.8. The number of rotatable bonds is 27. The van der Waals surface area contributed by atoms with Gasteiger partial charge in [-0.1, -0.05) is 49.4 Å². The van der Waals surface area contributed by atoms with Crippen molar-refractivity contribution in [1.82, 2.24) is 4.90 Å². The number of aldehydes is 1. The van der Waals surface area contributed by atoms with Crippen LogP contribution in [0.1, 0.15) is 119 Å². The van der Waals surface area contributed by atoms with E-state index < -0.39 is 83.3 Å². The predicted octanol–water partition coefficient (Wildman–Crippen LogP) is 4.47. The number of methoxy groups -OCH3 is 3. The number of esters is 3. The fourth-order valence-corrected chi connectivity index (χ4v) is 9.90. The van der Waals surface area contributed by atoms with Crippen LogP contribution < -0.4 is 0 Å². The number of alkyl halides is 1. The number of nitrogens with zero attached hydrogens (tertiary/aromatic N) is 1. The molecule has 3 aliphatic rings.